The minimum Gasteiger partial charge on any atom is -0.493 e. The van der Waals surface area contributed by atoms with E-state index in [1.165, 1.54) is 22.3 Å². The first-order valence-corrected chi connectivity index (χ1v) is 6.16. The molecule has 3 rings (SSSR count). The molecule has 0 N–H and O–H groups in total. The van der Waals surface area contributed by atoms with Crippen molar-refractivity contribution in [3.63, 3.8) is 0 Å². The van der Waals surface area contributed by atoms with E-state index in [0.717, 1.165) is 25.2 Å². The normalized spacial score (nSPS) is 13.9. The minimum absolute atomic E-state index is 0.852. The summed E-state index contributed by atoms with van der Waals surface area (Å²) >= 11 is 0. The zero-order chi connectivity index (χ0) is 11.7. The molecule has 1 aliphatic rings. The Bertz CT molecular complexity index is 526. The van der Waals surface area contributed by atoms with Gasteiger partial charge in [-0.15, -0.1) is 0 Å². The number of ether oxygens (including phenoxy) is 1. The van der Waals surface area contributed by atoms with E-state index in [0.29, 0.717) is 0 Å². The number of benzene rings is 2. The van der Waals surface area contributed by atoms with Gasteiger partial charge >= 0.3 is 0 Å². The summed E-state index contributed by atoms with van der Waals surface area (Å²) in [6, 6.07) is 15.2. The average Bonchev–Trinajstić information content (AvgIpc) is 2.39. The lowest BCUT2D eigenvalue weighted by atomic mass is 9.99. The van der Waals surface area contributed by atoms with Crippen molar-refractivity contribution in [2.45, 2.75) is 19.8 Å². The highest BCUT2D eigenvalue weighted by molar-refractivity contribution is 5.66. The van der Waals surface area contributed by atoms with Gasteiger partial charge in [-0.2, -0.15) is 0 Å². The van der Waals surface area contributed by atoms with Crippen LogP contribution in [0.2, 0.25) is 0 Å². The van der Waals surface area contributed by atoms with E-state index in [4.69, 9.17) is 4.74 Å². The minimum atomic E-state index is 0.852. The van der Waals surface area contributed by atoms with Crippen LogP contribution in [-0.2, 0) is 6.42 Å². The monoisotopic (exact) mass is 224 g/mol. The largest absolute Gasteiger partial charge is 0.493 e. The van der Waals surface area contributed by atoms with Gasteiger partial charge in [0.1, 0.15) is 5.75 Å². The Kier molecular flexibility index (Phi) is 2.60. The fourth-order valence-corrected chi connectivity index (χ4v) is 2.27. The Labute approximate surface area is 102 Å². The van der Waals surface area contributed by atoms with E-state index in [2.05, 4.69) is 49.4 Å². The fraction of sp³-hybridized carbons (Fsp3) is 0.250. The second-order valence-corrected chi connectivity index (χ2v) is 4.64. The third kappa shape index (κ3) is 2.05. The molecule has 0 saturated heterocycles. The molecule has 0 fully saturated rings. The van der Waals surface area contributed by atoms with Gasteiger partial charge in [0.25, 0.3) is 0 Å². The van der Waals surface area contributed by atoms with E-state index in [-0.39, 0.29) is 0 Å². The predicted molar refractivity (Wildman–Crippen MR) is 70.4 cm³/mol. The van der Waals surface area contributed by atoms with Gasteiger partial charge in [0.2, 0.25) is 0 Å². The summed E-state index contributed by atoms with van der Waals surface area (Å²) < 4.78 is 5.71. The molecule has 1 aliphatic heterocycles. The maximum absolute atomic E-state index is 5.71. The topological polar surface area (TPSA) is 9.23 Å². The SMILES string of the molecule is Cc1ccc(-c2ccc3c(c2)OCCC3)cc1. The molecule has 1 heteroatoms. The van der Waals surface area contributed by atoms with Gasteiger partial charge in [-0.25, -0.2) is 0 Å². The van der Waals surface area contributed by atoms with Crippen LogP contribution in [0.4, 0.5) is 0 Å². The number of rotatable bonds is 1. The molecule has 1 heterocycles. The number of hydrogen-bond acceptors (Lipinski definition) is 1. The van der Waals surface area contributed by atoms with Gasteiger partial charge in [-0.05, 0) is 42.5 Å². The van der Waals surface area contributed by atoms with E-state index >= 15 is 0 Å². The fourth-order valence-electron chi connectivity index (χ4n) is 2.27. The zero-order valence-corrected chi connectivity index (χ0v) is 10.1. The Morgan fingerprint density at radius 2 is 1.71 bits per heavy atom. The van der Waals surface area contributed by atoms with Crippen LogP contribution in [0.3, 0.4) is 0 Å². The summed E-state index contributed by atoms with van der Waals surface area (Å²) in [5.41, 5.74) is 5.13. The lowest BCUT2D eigenvalue weighted by Gasteiger charge is -2.18. The summed E-state index contributed by atoms with van der Waals surface area (Å²) in [5.74, 6) is 1.06. The lowest BCUT2D eigenvalue weighted by molar-refractivity contribution is 0.288. The summed E-state index contributed by atoms with van der Waals surface area (Å²) in [6.45, 7) is 2.96. The molecule has 86 valence electrons. The molecular formula is C16H16O. The van der Waals surface area contributed by atoms with Crippen LogP contribution in [0.15, 0.2) is 42.5 Å². The molecule has 0 saturated carbocycles. The number of fused-ring (bicyclic) bond motifs is 1. The van der Waals surface area contributed by atoms with Crippen molar-refractivity contribution < 1.29 is 4.74 Å². The first kappa shape index (κ1) is 10.4. The van der Waals surface area contributed by atoms with Crippen molar-refractivity contribution in [3.05, 3.63) is 53.6 Å². The highest BCUT2D eigenvalue weighted by Crippen LogP contribution is 2.30. The standard InChI is InChI=1S/C16H16O/c1-12-4-6-13(7-5-12)15-9-8-14-3-2-10-17-16(14)11-15/h4-9,11H,2-3,10H2,1H3. The van der Waals surface area contributed by atoms with Crippen molar-refractivity contribution >= 4 is 0 Å². The summed E-state index contributed by atoms with van der Waals surface area (Å²) in [7, 11) is 0. The molecule has 0 radical (unpaired) electrons. The molecule has 2 aromatic carbocycles. The quantitative estimate of drug-likeness (QED) is 0.711. The van der Waals surface area contributed by atoms with Crippen molar-refractivity contribution in [2.24, 2.45) is 0 Å². The number of hydrogen-bond donors (Lipinski definition) is 0. The van der Waals surface area contributed by atoms with E-state index in [1.807, 2.05) is 0 Å². The predicted octanol–water partition coefficient (Wildman–Crippen LogP) is 3.99. The summed E-state index contributed by atoms with van der Waals surface area (Å²) in [5, 5.41) is 0. The van der Waals surface area contributed by atoms with Crippen molar-refractivity contribution in [2.75, 3.05) is 6.61 Å². The second-order valence-electron chi connectivity index (χ2n) is 4.64. The summed E-state index contributed by atoms with van der Waals surface area (Å²) in [6.07, 6.45) is 2.28. The van der Waals surface area contributed by atoms with Crippen LogP contribution in [-0.4, -0.2) is 6.61 Å². The van der Waals surface area contributed by atoms with Crippen molar-refractivity contribution in [3.8, 4) is 16.9 Å². The van der Waals surface area contributed by atoms with Gasteiger partial charge < -0.3 is 4.74 Å². The Morgan fingerprint density at radius 3 is 2.53 bits per heavy atom. The third-order valence-electron chi connectivity index (χ3n) is 3.30. The third-order valence-corrected chi connectivity index (χ3v) is 3.30. The van der Waals surface area contributed by atoms with Gasteiger partial charge in [0.15, 0.2) is 0 Å². The van der Waals surface area contributed by atoms with Crippen molar-refractivity contribution in [1.29, 1.82) is 0 Å². The highest BCUT2D eigenvalue weighted by atomic mass is 16.5. The second kappa shape index (κ2) is 4.25. The molecule has 0 aliphatic carbocycles. The van der Waals surface area contributed by atoms with Crippen LogP contribution in [0.5, 0.6) is 5.75 Å². The molecule has 0 spiro atoms. The van der Waals surface area contributed by atoms with E-state index in [9.17, 15) is 0 Å². The molecule has 1 nitrogen and oxygen atoms in total. The molecule has 0 amide bonds. The van der Waals surface area contributed by atoms with E-state index in [1.54, 1.807) is 0 Å². The zero-order valence-electron chi connectivity index (χ0n) is 10.1. The summed E-state index contributed by atoms with van der Waals surface area (Å²) in [4.78, 5) is 0. The molecule has 0 unspecified atom stereocenters. The van der Waals surface area contributed by atoms with Crippen LogP contribution in [0.1, 0.15) is 17.5 Å². The number of aryl methyl sites for hydroxylation is 2. The Balaban J connectivity index is 2.01. The smallest absolute Gasteiger partial charge is 0.123 e. The van der Waals surface area contributed by atoms with Gasteiger partial charge in [-0.3, -0.25) is 0 Å². The lowest BCUT2D eigenvalue weighted by Crippen LogP contribution is -2.07. The van der Waals surface area contributed by atoms with Crippen LogP contribution >= 0.6 is 0 Å². The Morgan fingerprint density at radius 1 is 0.941 bits per heavy atom. The Hall–Kier alpha value is -1.76. The van der Waals surface area contributed by atoms with Crippen LogP contribution < -0.4 is 4.74 Å². The van der Waals surface area contributed by atoms with Gasteiger partial charge in [0.05, 0.1) is 6.61 Å². The van der Waals surface area contributed by atoms with Gasteiger partial charge in [0, 0.05) is 0 Å². The molecule has 0 atom stereocenters. The molecule has 17 heavy (non-hydrogen) atoms. The van der Waals surface area contributed by atoms with Crippen LogP contribution in [0, 0.1) is 6.92 Å². The molecule has 2 aromatic rings. The van der Waals surface area contributed by atoms with Crippen LogP contribution in [0.25, 0.3) is 11.1 Å². The van der Waals surface area contributed by atoms with Crippen molar-refractivity contribution in [1.82, 2.24) is 0 Å². The van der Waals surface area contributed by atoms with E-state index < -0.39 is 0 Å². The molecule has 0 aromatic heterocycles. The molecular weight excluding hydrogens is 208 g/mol. The maximum atomic E-state index is 5.71. The average molecular weight is 224 g/mol. The first-order chi connectivity index (χ1) is 8.33. The first-order valence-electron chi connectivity index (χ1n) is 6.16. The highest BCUT2D eigenvalue weighted by Gasteiger charge is 2.10. The maximum Gasteiger partial charge on any atom is 0.123 e. The van der Waals surface area contributed by atoms with Gasteiger partial charge in [-0.1, -0.05) is 42.0 Å². The molecule has 0 bridgehead atoms.